The van der Waals surface area contributed by atoms with Gasteiger partial charge in [-0.15, -0.1) is 0 Å². The molecule has 2 aliphatic heterocycles. The predicted molar refractivity (Wildman–Crippen MR) is 232 cm³/mol. The van der Waals surface area contributed by atoms with Gasteiger partial charge in [-0.1, -0.05) is 77.3 Å². The highest BCUT2D eigenvalue weighted by molar-refractivity contribution is 9.10. The average Bonchev–Trinajstić information content (AvgIpc) is 3.65. The molecule has 308 valence electrons. The third kappa shape index (κ3) is 6.33. The van der Waals surface area contributed by atoms with Gasteiger partial charge in [0.25, 0.3) is 11.8 Å². The molecule has 1 saturated carbocycles. The van der Waals surface area contributed by atoms with Crippen LogP contribution in [0.4, 0.5) is 11.4 Å². The van der Waals surface area contributed by atoms with Gasteiger partial charge in [-0.3, -0.25) is 34.3 Å². The number of nitrogens with zero attached hydrogens (tertiary/aromatic N) is 2. The van der Waals surface area contributed by atoms with Gasteiger partial charge in [0.2, 0.25) is 11.8 Å². The summed E-state index contributed by atoms with van der Waals surface area (Å²) in [6, 6.07) is 30.2. The smallest absolute Gasteiger partial charge is 0.260 e. The van der Waals surface area contributed by atoms with Crippen molar-refractivity contribution in [3.8, 4) is 17.2 Å². The van der Waals surface area contributed by atoms with E-state index in [-0.39, 0.29) is 51.2 Å². The minimum atomic E-state index is -1.63. The van der Waals surface area contributed by atoms with Gasteiger partial charge >= 0.3 is 0 Å². The molecule has 0 spiro atoms. The Kier molecular flexibility index (Phi) is 10.3. The number of nitrogens with one attached hydrogen (secondary N) is 1. The number of halogens is 3. The predicted octanol–water partition coefficient (Wildman–Crippen LogP) is 8.90. The zero-order chi connectivity index (χ0) is 42.9. The molecule has 6 atom stereocenters. The van der Waals surface area contributed by atoms with Crippen molar-refractivity contribution in [2.24, 2.45) is 23.7 Å². The number of ketones is 1. The second kappa shape index (κ2) is 15.5. The standard InChI is InChI=1S/C47H36BrCl2N3O8/c1-60-30-15-10-27(11-16-30)47-34(44(57)53(46(47)59)51-37-19-12-28(49)22-36(37)50)23-33-31(40(47)26-20-35(48)42(55)38(21-26)61-2)17-18-32-39(33)45(58)52(43(32)56)29-13-8-25(9-14-29)41(54)24-6-4-3-5-7-24/h3-17,19-22,32-34,39-40,51,55H,18,23H2,1-2H3. The van der Waals surface area contributed by atoms with E-state index >= 15 is 9.59 Å². The van der Waals surface area contributed by atoms with Crippen molar-refractivity contribution in [1.82, 2.24) is 5.01 Å². The number of phenols is 1. The lowest BCUT2D eigenvalue weighted by atomic mass is 9.49. The van der Waals surface area contributed by atoms with Gasteiger partial charge in [-0.2, -0.15) is 5.01 Å². The number of carbonyl (C=O) groups excluding carboxylic acids is 5. The van der Waals surface area contributed by atoms with Crippen LogP contribution >= 0.6 is 39.1 Å². The summed E-state index contributed by atoms with van der Waals surface area (Å²) in [7, 11) is 2.94. The molecular weight excluding hydrogens is 885 g/mol. The molecule has 2 aliphatic carbocycles. The molecule has 5 aromatic rings. The van der Waals surface area contributed by atoms with Crippen molar-refractivity contribution in [2.75, 3.05) is 24.5 Å². The summed E-state index contributed by atoms with van der Waals surface area (Å²) in [6.07, 6.45) is 2.16. The molecule has 4 amide bonds. The van der Waals surface area contributed by atoms with Gasteiger partial charge in [0.15, 0.2) is 17.3 Å². The number of hydrogen-bond donors (Lipinski definition) is 2. The lowest BCUT2D eigenvalue weighted by molar-refractivity contribution is -0.138. The number of aromatic hydroxyl groups is 1. The molecule has 2 saturated heterocycles. The Morgan fingerprint density at radius 3 is 2.20 bits per heavy atom. The molecule has 6 unspecified atom stereocenters. The summed E-state index contributed by atoms with van der Waals surface area (Å²) in [5.74, 6) is -5.97. The largest absolute Gasteiger partial charge is 0.503 e. The number of hydrogen-bond acceptors (Lipinski definition) is 9. The third-order valence-electron chi connectivity index (χ3n) is 12.6. The number of phenolic OH excluding ortho intramolecular Hbond substituents is 1. The Morgan fingerprint density at radius 1 is 0.820 bits per heavy atom. The van der Waals surface area contributed by atoms with Gasteiger partial charge in [-0.05, 0) is 113 Å². The van der Waals surface area contributed by atoms with E-state index in [2.05, 4.69) is 21.4 Å². The van der Waals surface area contributed by atoms with Crippen molar-refractivity contribution in [2.45, 2.75) is 24.2 Å². The van der Waals surface area contributed by atoms with Gasteiger partial charge < -0.3 is 14.6 Å². The highest BCUT2D eigenvalue weighted by Gasteiger charge is 2.70. The van der Waals surface area contributed by atoms with E-state index in [0.29, 0.717) is 44.3 Å². The van der Waals surface area contributed by atoms with Crippen LogP contribution in [0.3, 0.4) is 0 Å². The van der Waals surface area contributed by atoms with E-state index in [0.717, 1.165) is 5.01 Å². The number of allylic oxidation sites excluding steroid dienone is 2. The number of fused-ring (bicyclic) bond motifs is 4. The van der Waals surface area contributed by atoms with Crippen LogP contribution in [-0.4, -0.2) is 53.7 Å². The van der Waals surface area contributed by atoms with E-state index in [1.807, 2.05) is 12.1 Å². The molecule has 2 heterocycles. The molecule has 11 nitrogen and oxygen atoms in total. The first kappa shape index (κ1) is 40.5. The van der Waals surface area contributed by atoms with Crippen molar-refractivity contribution in [1.29, 1.82) is 0 Å². The molecule has 0 bridgehead atoms. The summed E-state index contributed by atoms with van der Waals surface area (Å²) in [6.45, 7) is 0. The normalized spacial score (nSPS) is 24.2. The first-order chi connectivity index (χ1) is 29.4. The van der Waals surface area contributed by atoms with Gasteiger partial charge in [-0.25, -0.2) is 0 Å². The van der Waals surface area contributed by atoms with Crippen LogP contribution in [0.5, 0.6) is 17.2 Å². The Bertz CT molecular complexity index is 2690. The molecule has 2 N–H and O–H groups in total. The van der Waals surface area contributed by atoms with Gasteiger partial charge in [0.05, 0.1) is 58.3 Å². The fourth-order valence-electron chi connectivity index (χ4n) is 9.91. The first-order valence-corrected chi connectivity index (χ1v) is 21.0. The van der Waals surface area contributed by atoms with Crippen LogP contribution < -0.4 is 19.8 Å². The summed E-state index contributed by atoms with van der Waals surface area (Å²) < 4.78 is 11.4. The number of imide groups is 2. The average molecular weight is 922 g/mol. The topological polar surface area (TPSA) is 143 Å². The maximum Gasteiger partial charge on any atom is 0.260 e. The highest BCUT2D eigenvalue weighted by Crippen LogP contribution is 2.65. The molecule has 5 aromatic carbocycles. The zero-order valence-corrected chi connectivity index (χ0v) is 35.7. The van der Waals surface area contributed by atoms with Crippen LogP contribution in [0.1, 0.15) is 45.8 Å². The second-order valence-corrected chi connectivity index (χ2v) is 17.2. The molecule has 14 heteroatoms. The lowest BCUT2D eigenvalue weighted by Crippen LogP contribution is -2.53. The molecule has 0 radical (unpaired) electrons. The van der Waals surface area contributed by atoms with Crippen molar-refractivity contribution in [3.63, 3.8) is 0 Å². The Labute approximate surface area is 368 Å². The van der Waals surface area contributed by atoms with E-state index in [1.54, 1.807) is 97.1 Å². The second-order valence-electron chi connectivity index (χ2n) is 15.5. The summed E-state index contributed by atoms with van der Waals surface area (Å²) in [5, 5.41) is 12.5. The number of benzene rings is 5. The summed E-state index contributed by atoms with van der Waals surface area (Å²) >= 11 is 16.3. The minimum Gasteiger partial charge on any atom is -0.503 e. The minimum absolute atomic E-state index is 0.0421. The maximum absolute atomic E-state index is 15.6. The van der Waals surface area contributed by atoms with Crippen LogP contribution in [0.25, 0.3) is 0 Å². The number of methoxy groups -OCH3 is 2. The number of hydrazine groups is 1. The Morgan fingerprint density at radius 2 is 1.52 bits per heavy atom. The highest BCUT2D eigenvalue weighted by atomic mass is 79.9. The van der Waals surface area contributed by atoms with Gasteiger partial charge in [0.1, 0.15) is 5.75 Å². The molecule has 0 aromatic heterocycles. The Balaban J connectivity index is 1.18. The number of rotatable bonds is 9. The molecule has 9 rings (SSSR count). The number of carbonyl (C=O) groups is 5. The lowest BCUT2D eigenvalue weighted by Gasteiger charge is -2.50. The number of ether oxygens (including phenoxy) is 2. The molecule has 3 fully saturated rings. The fraction of sp³-hybridized carbons (Fsp3) is 0.213. The van der Waals surface area contributed by atoms with Crippen molar-refractivity contribution in [3.05, 3.63) is 158 Å². The van der Waals surface area contributed by atoms with Crippen LogP contribution in [-0.2, 0) is 24.6 Å². The SMILES string of the molecule is COc1ccc(C23C(=O)N(Nc4ccc(Cl)cc4Cl)C(=O)C2CC2C(=CCC4C(=O)N(c5ccc(C(=O)c6ccccc6)cc5)C(=O)C42)C3c2cc(Br)c(O)c(OC)c2)cc1. The van der Waals surface area contributed by atoms with Crippen LogP contribution in [0.15, 0.2) is 125 Å². The fourth-order valence-corrected chi connectivity index (χ4v) is 10.8. The van der Waals surface area contributed by atoms with E-state index in [9.17, 15) is 19.5 Å². The van der Waals surface area contributed by atoms with E-state index in [1.165, 1.54) is 25.2 Å². The van der Waals surface area contributed by atoms with Crippen LogP contribution in [0.2, 0.25) is 10.0 Å². The van der Waals surface area contributed by atoms with E-state index in [4.69, 9.17) is 32.7 Å². The maximum atomic E-state index is 15.6. The zero-order valence-electron chi connectivity index (χ0n) is 32.6. The van der Waals surface area contributed by atoms with Gasteiger partial charge in [0, 0.05) is 22.1 Å². The first-order valence-electron chi connectivity index (χ1n) is 19.5. The molecule has 4 aliphatic rings. The molecular formula is C47H36BrCl2N3O8. The number of amides is 4. The summed E-state index contributed by atoms with van der Waals surface area (Å²) in [5.41, 5.74) is 4.60. The quantitative estimate of drug-likeness (QED) is 0.0842. The number of anilines is 2. The summed E-state index contributed by atoms with van der Waals surface area (Å²) in [4.78, 5) is 74.3. The van der Waals surface area contributed by atoms with Crippen molar-refractivity contribution < 1.29 is 38.6 Å². The van der Waals surface area contributed by atoms with Crippen LogP contribution in [0, 0.1) is 23.7 Å². The van der Waals surface area contributed by atoms with Crippen molar-refractivity contribution >= 4 is 79.9 Å². The molecule has 61 heavy (non-hydrogen) atoms. The monoisotopic (exact) mass is 919 g/mol. The Hall–Kier alpha value is -5.95. The van der Waals surface area contributed by atoms with E-state index < -0.39 is 52.7 Å². The third-order valence-corrected chi connectivity index (χ3v) is 13.8.